The predicted octanol–water partition coefficient (Wildman–Crippen LogP) is 3.98. The van der Waals surface area contributed by atoms with Crippen LogP contribution in [0.25, 0.3) is 0 Å². The summed E-state index contributed by atoms with van der Waals surface area (Å²) in [5.41, 5.74) is 2.52. The number of hydrogen-bond donors (Lipinski definition) is 0. The average Bonchev–Trinajstić information content (AvgIpc) is 3.15. The van der Waals surface area contributed by atoms with Gasteiger partial charge in [-0.05, 0) is 30.9 Å². The van der Waals surface area contributed by atoms with E-state index >= 15 is 0 Å². The number of halogens is 1. The standard InChI is InChI=1S/C18H24ClN3OS/c1-3-14-8-16-15(9-17(19)24-16)18(23-14)4-6-22(7-5-18)12-13-10-20-21(2)11-13/h9-11,14H,3-8,12H2,1-2H3. The first-order chi connectivity index (χ1) is 11.6. The highest BCUT2D eigenvalue weighted by Crippen LogP contribution is 2.47. The molecule has 4 rings (SSSR count). The molecule has 2 aliphatic heterocycles. The summed E-state index contributed by atoms with van der Waals surface area (Å²) >= 11 is 8.07. The Hall–Kier alpha value is -0.880. The van der Waals surface area contributed by atoms with Gasteiger partial charge in [0.05, 0.1) is 22.2 Å². The first-order valence-corrected chi connectivity index (χ1v) is 9.94. The molecule has 6 heteroatoms. The van der Waals surface area contributed by atoms with E-state index in [1.807, 2.05) is 17.9 Å². The van der Waals surface area contributed by atoms with Crippen LogP contribution in [-0.2, 0) is 30.4 Å². The molecule has 0 amide bonds. The average molecular weight is 366 g/mol. The first kappa shape index (κ1) is 16.6. The lowest BCUT2D eigenvalue weighted by molar-refractivity contribution is -0.140. The smallest absolute Gasteiger partial charge is 0.0970 e. The molecule has 2 aromatic heterocycles. The van der Waals surface area contributed by atoms with Gasteiger partial charge in [0.1, 0.15) is 0 Å². The van der Waals surface area contributed by atoms with Crippen molar-refractivity contribution in [3.05, 3.63) is 38.8 Å². The number of hydrogen-bond acceptors (Lipinski definition) is 4. The molecule has 2 aliphatic rings. The Morgan fingerprint density at radius 2 is 2.21 bits per heavy atom. The monoisotopic (exact) mass is 365 g/mol. The predicted molar refractivity (Wildman–Crippen MR) is 97.6 cm³/mol. The molecule has 0 saturated carbocycles. The fourth-order valence-corrected chi connectivity index (χ4v) is 5.49. The Morgan fingerprint density at radius 1 is 1.42 bits per heavy atom. The van der Waals surface area contributed by atoms with Crippen LogP contribution in [0.3, 0.4) is 0 Å². The Kier molecular flexibility index (Phi) is 4.45. The molecule has 0 N–H and O–H groups in total. The van der Waals surface area contributed by atoms with E-state index in [0.717, 1.165) is 49.7 Å². The number of piperidine rings is 1. The topological polar surface area (TPSA) is 30.3 Å². The van der Waals surface area contributed by atoms with Crippen molar-refractivity contribution in [3.63, 3.8) is 0 Å². The maximum atomic E-state index is 6.61. The van der Waals surface area contributed by atoms with E-state index in [-0.39, 0.29) is 5.60 Å². The van der Waals surface area contributed by atoms with Gasteiger partial charge in [0.2, 0.25) is 0 Å². The molecular weight excluding hydrogens is 342 g/mol. The van der Waals surface area contributed by atoms with Crippen LogP contribution >= 0.6 is 22.9 Å². The van der Waals surface area contributed by atoms with Gasteiger partial charge in [0, 0.05) is 49.7 Å². The third-order valence-corrected chi connectivity index (χ3v) is 6.65. The van der Waals surface area contributed by atoms with Gasteiger partial charge in [-0.2, -0.15) is 5.10 Å². The number of rotatable bonds is 3. The van der Waals surface area contributed by atoms with Crippen LogP contribution in [0, 0.1) is 0 Å². The van der Waals surface area contributed by atoms with Crippen LogP contribution in [0.4, 0.5) is 0 Å². The van der Waals surface area contributed by atoms with Crippen LogP contribution in [0.15, 0.2) is 18.5 Å². The lowest BCUT2D eigenvalue weighted by Crippen LogP contribution is -2.48. The number of fused-ring (bicyclic) bond motifs is 2. The lowest BCUT2D eigenvalue weighted by Gasteiger charge is -2.46. The van der Waals surface area contributed by atoms with Crippen molar-refractivity contribution in [2.75, 3.05) is 13.1 Å². The summed E-state index contributed by atoms with van der Waals surface area (Å²) in [5, 5.41) is 4.27. The van der Waals surface area contributed by atoms with Crippen molar-refractivity contribution in [2.45, 2.75) is 50.9 Å². The SMILES string of the molecule is CCC1Cc2sc(Cl)cc2C2(CCN(Cc3cnn(C)c3)CC2)O1. The third-order valence-electron chi connectivity index (χ3n) is 5.36. The Balaban J connectivity index is 1.50. The normalized spacial score (nSPS) is 23.5. The molecule has 1 atom stereocenters. The van der Waals surface area contributed by atoms with Crippen LogP contribution in [0.2, 0.25) is 4.34 Å². The summed E-state index contributed by atoms with van der Waals surface area (Å²) in [6.45, 7) is 5.30. The van der Waals surface area contributed by atoms with E-state index in [4.69, 9.17) is 16.3 Å². The quantitative estimate of drug-likeness (QED) is 0.824. The zero-order chi connectivity index (χ0) is 16.7. The van der Waals surface area contributed by atoms with E-state index in [9.17, 15) is 0 Å². The molecule has 0 radical (unpaired) electrons. The molecule has 130 valence electrons. The maximum Gasteiger partial charge on any atom is 0.0970 e. The van der Waals surface area contributed by atoms with Crippen LogP contribution < -0.4 is 0 Å². The van der Waals surface area contributed by atoms with Crippen LogP contribution in [-0.4, -0.2) is 33.9 Å². The highest BCUT2D eigenvalue weighted by atomic mass is 35.5. The molecule has 1 saturated heterocycles. The summed E-state index contributed by atoms with van der Waals surface area (Å²) in [4.78, 5) is 3.95. The number of aryl methyl sites for hydroxylation is 1. The minimum absolute atomic E-state index is 0.122. The Morgan fingerprint density at radius 3 is 2.88 bits per heavy atom. The zero-order valence-corrected chi connectivity index (χ0v) is 15.9. The number of thiophene rings is 1. The van der Waals surface area contributed by atoms with Gasteiger partial charge in [0.15, 0.2) is 0 Å². The fraction of sp³-hybridized carbons (Fsp3) is 0.611. The Labute approximate surface area is 152 Å². The highest BCUT2D eigenvalue weighted by molar-refractivity contribution is 7.16. The number of likely N-dealkylation sites (tertiary alicyclic amines) is 1. The molecule has 0 bridgehead atoms. The molecule has 1 unspecified atom stereocenters. The second kappa shape index (κ2) is 6.45. The van der Waals surface area contributed by atoms with Gasteiger partial charge >= 0.3 is 0 Å². The van der Waals surface area contributed by atoms with Gasteiger partial charge < -0.3 is 4.74 Å². The summed E-state index contributed by atoms with van der Waals surface area (Å²) < 4.78 is 9.38. The van der Waals surface area contributed by atoms with Crippen molar-refractivity contribution in [1.82, 2.24) is 14.7 Å². The molecule has 1 fully saturated rings. The summed E-state index contributed by atoms with van der Waals surface area (Å²) in [6, 6.07) is 2.16. The molecule has 0 aromatic carbocycles. The van der Waals surface area contributed by atoms with Gasteiger partial charge in [-0.25, -0.2) is 0 Å². The molecule has 2 aromatic rings. The van der Waals surface area contributed by atoms with E-state index < -0.39 is 0 Å². The number of ether oxygens (including phenoxy) is 1. The van der Waals surface area contributed by atoms with Gasteiger partial charge in [0.25, 0.3) is 0 Å². The zero-order valence-electron chi connectivity index (χ0n) is 14.3. The minimum atomic E-state index is -0.122. The van der Waals surface area contributed by atoms with E-state index in [1.165, 1.54) is 16.0 Å². The van der Waals surface area contributed by atoms with Crippen molar-refractivity contribution < 1.29 is 4.74 Å². The summed E-state index contributed by atoms with van der Waals surface area (Å²) in [5.74, 6) is 0. The molecular formula is C18H24ClN3OS. The number of nitrogens with zero attached hydrogens (tertiary/aromatic N) is 3. The summed E-state index contributed by atoms with van der Waals surface area (Å²) in [7, 11) is 1.97. The van der Waals surface area contributed by atoms with Crippen molar-refractivity contribution >= 4 is 22.9 Å². The first-order valence-electron chi connectivity index (χ1n) is 8.74. The van der Waals surface area contributed by atoms with Crippen molar-refractivity contribution in [3.8, 4) is 0 Å². The largest absolute Gasteiger partial charge is 0.367 e. The van der Waals surface area contributed by atoms with Crippen LogP contribution in [0.5, 0.6) is 0 Å². The number of aromatic nitrogens is 2. The van der Waals surface area contributed by atoms with Crippen molar-refractivity contribution in [2.24, 2.45) is 7.05 Å². The third kappa shape index (κ3) is 3.03. The maximum absolute atomic E-state index is 6.61. The summed E-state index contributed by atoms with van der Waals surface area (Å²) in [6.07, 6.45) is 8.57. The molecule has 4 nitrogen and oxygen atoms in total. The fourth-order valence-electron chi connectivity index (χ4n) is 4.06. The van der Waals surface area contributed by atoms with Crippen LogP contribution in [0.1, 0.15) is 42.2 Å². The Bertz CT molecular complexity index is 718. The second-order valence-electron chi connectivity index (χ2n) is 7.03. The van der Waals surface area contributed by atoms with Crippen molar-refractivity contribution in [1.29, 1.82) is 0 Å². The van der Waals surface area contributed by atoms with E-state index in [0.29, 0.717) is 6.10 Å². The second-order valence-corrected chi connectivity index (χ2v) is 8.80. The van der Waals surface area contributed by atoms with Gasteiger partial charge in [-0.15, -0.1) is 11.3 Å². The van der Waals surface area contributed by atoms with E-state index in [1.54, 1.807) is 11.3 Å². The van der Waals surface area contributed by atoms with Gasteiger partial charge in [-0.3, -0.25) is 9.58 Å². The lowest BCUT2D eigenvalue weighted by atomic mass is 9.81. The minimum Gasteiger partial charge on any atom is -0.367 e. The molecule has 24 heavy (non-hydrogen) atoms. The molecule has 0 aliphatic carbocycles. The molecule has 4 heterocycles. The van der Waals surface area contributed by atoms with Gasteiger partial charge in [-0.1, -0.05) is 18.5 Å². The van der Waals surface area contributed by atoms with E-state index in [2.05, 4.69) is 29.2 Å². The highest BCUT2D eigenvalue weighted by Gasteiger charge is 2.44. The molecule has 1 spiro atoms.